The molecule has 1 aliphatic heterocycles. The van der Waals surface area contributed by atoms with E-state index in [1.165, 1.54) is 12.2 Å². The molecule has 2 rings (SSSR count). The van der Waals surface area contributed by atoms with Crippen LogP contribution in [0.4, 0.5) is 5.82 Å². The van der Waals surface area contributed by atoms with Crippen LogP contribution < -0.4 is 5.73 Å². The van der Waals surface area contributed by atoms with E-state index in [2.05, 4.69) is 12.0 Å². The number of nitrogens with two attached hydrogens (primary N) is 1. The Morgan fingerprint density at radius 1 is 1.60 bits per heavy atom. The maximum Gasteiger partial charge on any atom is 0.141 e. The monoisotopic (exact) mass is 245 g/mol. The quantitative estimate of drug-likeness (QED) is 0.828. The number of aromatic nitrogens is 2. The zero-order chi connectivity index (χ0) is 11.0. The fourth-order valence-electron chi connectivity index (χ4n) is 2.03. The van der Waals surface area contributed by atoms with Gasteiger partial charge in [-0.25, -0.2) is 4.68 Å². The van der Waals surface area contributed by atoms with Crippen LogP contribution in [-0.2, 0) is 0 Å². The number of thioether (sulfide) groups is 1. The molecule has 5 heteroatoms. The molecule has 1 saturated heterocycles. The Kier molecular flexibility index (Phi) is 3.16. The highest BCUT2D eigenvalue weighted by atomic mass is 35.5. The Morgan fingerprint density at radius 3 is 2.87 bits per heavy atom. The molecule has 0 saturated carbocycles. The molecule has 1 aromatic rings. The Labute approximate surface area is 99.4 Å². The van der Waals surface area contributed by atoms with Crippen molar-refractivity contribution in [2.75, 3.05) is 11.5 Å². The molecule has 2 N–H and O–H groups in total. The van der Waals surface area contributed by atoms with Crippen molar-refractivity contribution >= 4 is 29.2 Å². The van der Waals surface area contributed by atoms with Gasteiger partial charge in [0.05, 0.1) is 11.7 Å². The molecule has 2 unspecified atom stereocenters. The summed E-state index contributed by atoms with van der Waals surface area (Å²) >= 11 is 8.04. The van der Waals surface area contributed by atoms with Gasteiger partial charge in [0.25, 0.3) is 0 Å². The van der Waals surface area contributed by atoms with Crippen LogP contribution >= 0.6 is 23.4 Å². The molecule has 0 aliphatic carbocycles. The standard InChI is InChI=1S/C10H16ClN3S/c1-6-9(11)10(12)14(13-6)8-4-3-5-15-7(8)2/h7-8H,3-5,12H2,1-2H3. The molecule has 2 heterocycles. The van der Waals surface area contributed by atoms with Gasteiger partial charge in [0, 0.05) is 5.25 Å². The number of nitrogens with zero attached hydrogens (tertiary/aromatic N) is 2. The molecule has 0 spiro atoms. The first-order chi connectivity index (χ1) is 7.11. The zero-order valence-electron chi connectivity index (χ0n) is 9.03. The zero-order valence-corrected chi connectivity index (χ0v) is 10.6. The third-order valence-electron chi connectivity index (χ3n) is 2.93. The molecular formula is C10H16ClN3S. The lowest BCUT2D eigenvalue weighted by atomic mass is 10.1. The number of halogens is 1. The predicted octanol–water partition coefficient (Wildman–Crippen LogP) is 2.88. The highest BCUT2D eigenvalue weighted by Gasteiger charge is 2.26. The second-order valence-electron chi connectivity index (χ2n) is 4.01. The molecule has 2 atom stereocenters. The first kappa shape index (κ1) is 11.1. The molecule has 0 bridgehead atoms. The second-order valence-corrected chi connectivity index (χ2v) is 5.88. The van der Waals surface area contributed by atoms with Crippen molar-refractivity contribution in [1.82, 2.24) is 9.78 Å². The number of aryl methyl sites for hydroxylation is 1. The Balaban J connectivity index is 2.31. The summed E-state index contributed by atoms with van der Waals surface area (Å²) in [5.74, 6) is 1.86. The van der Waals surface area contributed by atoms with Crippen LogP contribution in [0.3, 0.4) is 0 Å². The summed E-state index contributed by atoms with van der Waals surface area (Å²) in [6, 6.07) is 0.398. The molecule has 84 valence electrons. The fraction of sp³-hybridized carbons (Fsp3) is 0.700. The van der Waals surface area contributed by atoms with Gasteiger partial charge in [0.15, 0.2) is 0 Å². The number of nitrogen functional groups attached to an aromatic ring is 1. The van der Waals surface area contributed by atoms with Crippen molar-refractivity contribution < 1.29 is 0 Å². The van der Waals surface area contributed by atoms with Crippen LogP contribution in [-0.4, -0.2) is 20.8 Å². The van der Waals surface area contributed by atoms with Gasteiger partial charge in [-0.3, -0.25) is 0 Å². The van der Waals surface area contributed by atoms with Gasteiger partial charge in [-0.15, -0.1) is 0 Å². The van der Waals surface area contributed by atoms with Gasteiger partial charge in [0.2, 0.25) is 0 Å². The Morgan fingerprint density at radius 2 is 2.33 bits per heavy atom. The maximum absolute atomic E-state index is 6.05. The average molecular weight is 246 g/mol. The predicted molar refractivity (Wildman–Crippen MR) is 66.6 cm³/mol. The summed E-state index contributed by atoms with van der Waals surface area (Å²) in [5, 5.41) is 5.61. The summed E-state index contributed by atoms with van der Waals surface area (Å²) in [5.41, 5.74) is 6.79. The van der Waals surface area contributed by atoms with Gasteiger partial charge in [0.1, 0.15) is 10.8 Å². The van der Waals surface area contributed by atoms with Gasteiger partial charge in [-0.2, -0.15) is 16.9 Å². The molecule has 3 nitrogen and oxygen atoms in total. The Bertz CT molecular complexity index is 364. The van der Waals surface area contributed by atoms with E-state index >= 15 is 0 Å². The van der Waals surface area contributed by atoms with E-state index in [0.29, 0.717) is 22.1 Å². The lowest BCUT2D eigenvalue weighted by Gasteiger charge is -2.29. The largest absolute Gasteiger partial charge is 0.383 e. The van der Waals surface area contributed by atoms with E-state index in [9.17, 15) is 0 Å². The van der Waals surface area contributed by atoms with Crippen LogP contribution in [0.2, 0.25) is 5.02 Å². The molecule has 0 aromatic carbocycles. The summed E-state index contributed by atoms with van der Waals surface area (Å²) in [4.78, 5) is 0. The molecule has 1 aromatic heterocycles. The third-order valence-corrected chi connectivity index (χ3v) is 4.76. The van der Waals surface area contributed by atoms with Gasteiger partial charge in [-0.1, -0.05) is 18.5 Å². The summed E-state index contributed by atoms with van der Waals surface area (Å²) in [6.07, 6.45) is 2.38. The minimum atomic E-state index is 0.398. The highest BCUT2D eigenvalue weighted by molar-refractivity contribution is 7.99. The highest BCUT2D eigenvalue weighted by Crippen LogP contribution is 2.36. The van der Waals surface area contributed by atoms with Crippen molar-refractivity contribution in [2.45, 2.75) is 38.0 Å². The summed E-state index contributed by atoms with van der Waals surface area (Å²) in [7, 11) is 0. The first-order valence-corrected chi connectivity index (χ1v) is 6.65. The first-order valence-electron chi connectivity index (χ1n) is 5.23. The fourth-order valence-corrected chi connectivity index (χ4v) is 3.33. The van der Waals surface area contributed by atoms with E-state index in [0.717, 1.165) is 12.1 Å². The van der Waals surface area contributed by atoms with Crippen LogP contribution in [0.5, 0.6) is 0 Å². The van der Waals surface area contributed by atoms with Crippen molar-refractivity contribution in [2.24, 2.45) is 0 Å². The average Bonchev–Trinajstić information content (AvgIpc) is 2.47. The molecular weight excluding hydrogens is 230 g/mol. The minimum Gasteiger partial charge on any atom is -0.383 e. The van der Waals surface area contributed by atoms with Gasteiger partial charge >= 0.3 is 0 Å². The number of hydrogen-bond donors (Lipinski definition) is 1. The molecule has 1 fully saturated rings. The van der Waals surface area contributed by atoms with Gasteiger partial charge in [-0.05, 0) is 25.5 Å². The lowest BCUT2D eigenvalue weighted by Crippen LogP contribution is -2.25. The topological polar surface area (TPSA) is 43.8 Å². The molecule has 1 aliphatic rings. The van der Waals surface area contributed by atoms with Gasteiger partial charge < -0.3 is 5.73 Å². The third kappa shape index (κ3) is 1.97. The van der Waals surface area contributed by atoms with Crippen molar-refractivity contribution in [3.63, 3.8) is 0 Å². The maximum atomic E-state index is 6.05. The lowest BCUT2D eigenvalue weighted by molar-refractivity contribution is 0.413. The van der Waals surface area contributed by atoms with Crippen molar-refractivity contribution in [3.05, 3.63) is 10.7 Å². The second kappa shape index (κ2) is 4.26. The van der Waals surface area contributed by atoms with E-state index in [-0.39, 0.29) is 0 Å². The summed E-state index contributed by atoms with van der Waals surface area (Å²) in [6.45, 7) is 4.13. The van der Waals surface area contributed by atoms with Crippen molar-refractivity contribution in [1.29, 1.82) is 0 Å². The van der Waals surface area contributed by atoms with Crippen molar-refractivity contribution in [3.8, 4) is 0 Å². The van der Waals surface area contributed by atoms with Crippen LogP contribution in [0, 0.1) is 6.92 Å². The number of rotatable bonds is 1. The van der Waals surface area contributed by atoms with Crippen LogP contribution in [0.1, 0.15) is 31.5 Å². The summed E-state index contributed by atoms with van der Waals surface area (Å²) < 4.78 is 1.91. The number of hydrogen-bond acceptors (Lipinski definition) is 3. The smallest absolute Gasteiger partial charge is 0.141 e. The normalized spacial score (nSPS) is 26.9. The minimum absolute atomic E-state index is 0.398. The number of anilines is 1. The van der Waals surface area contributed by atoms with E-state index < -0.39 is 0 Å². The van der Waals surface area contributed by atoms with Crippen LogP contribution in [0.25, 0.3) is 0 Å². The Hall–Kier alpha value is -0.350. The SMILES string of the molecule is Cc1nn(C2CCCSC2C)c(N)c1Cl. The molecule has 0 radical (unpaired) electrons. The van der Waals surface area contributed by atoms with E-state index in [4.69, 9.17) is 17.3 Å². The molecule has 0 amide bonds. The van der Waals surface area contributed by atoms with Crippen LogP contribution in [0.15, 0.2) is 0 Å². The molecule has 15 heavy (non-hydrogen) atoms. The van der Waals surface area contributed by atoms with E-state index in [1.54, 1.807) is 0 Å². The van der Waals surface area contributed by atoms with E-state index in [1.807, 2.05) is 23.4 Å².